The number of nitrogens with zero attached hydrogens (tertiary/aromatic N) is 3. The van der Waals surface area contributed by atoms with Crippen molar-refractivity contribution in [3.8, 4) is 22.3 Å². The topological polar surface area (TPSA) is 29.0 Å². The summed E-state index contributed by atoms with van der Waals surface area (Å²) < 4.78 is 0. The molecule has 2 heterocycles. The lowest BCUT2D eigenvalue weighted by Crippen LogP contribution is -2.17. The number of benzene rings is 2. The highest BCUT2D eigenvalue weighted by molar-refractivity contribution is 5.73. The van der Waals surface area contributed by atoms with Crippen molar-refractivity contribution in [2.75, 3.05) is 13.6 Å². The molecule has 0 spiro atoms. The third-order valence-corrected chi connectivity index (χ3v) is 5.25. The minimum absolute atomic E-state index is 0.579. The molecule has 1 atom stereocenters. The van der Waals surface area contributed by atoms with E-state index in [2.05, 4.69) is 71.3 Å². The molecule has 0 amide bonds. The van der Waals surface area contributed by atoms with E-state index in [1.54, 1.807) is 6.33 Å². The van der Waals surface area contributed by atoms with Crippen molar-refractivity contribution < 1.29 is 0 Å². The Hall–Kier alpha value is -2.52. The van der Waals surface area contributed by atoms with Crippen molar-refractivity contribution in [1.29, 1.82) is 0 Å². The van der Waals surface area contributed by atoms with Gasteiger partial charge in [0.1, 0.15) is 6.33 Å². The first-order valence-corrected chi connectivity index (χ1v) is 8.89. The molecule has 0 saturated carbocycles. The van der Waals surface area contributed by atoms with E-state index in [-0.39, 0.29) is 0 Å². The third kappa shape index (κ3) is 3.20. The van der Waals surface area contributed by atoms with Crippen LogP contribution in [0.3, 0.4) is 0 Å². The molecular formula is C22H23N3. The normalized spacial score (nSPS) is 17.8. The first-order valence-electron chi connectivity index (χ1n) is 8.89. The van der Waals surface area contributed by atoms with Crippen LogP contribution >= 0.6 is 0 Å². The summed E-state index contributed by atoms with van der Waals surface area (Å²) in [6.45, 7) is 3.37. The molecule has 1 aliphatic heterocycles. The Morgan fingerprint density at radius 2 is 1.64 bits per heavy atom. The van der Waals surface area contributed by atoms with Crippen LogP contribution in [0, 0.1) is 6.92 Å². The van der Waals surface area contributed by atoms with Gasteiger partial charge < -0.3 is 0 Å². The molecule has 2 aromatic carbocycles. The van der Waals surface area contributed by atoms with Crippen LogP contribution in [0.5, 0.6) is 0 Å². The fourth-order valence-electron chi connectivity index (χ4n) is 3.83. The fourth-order valence-corrected chi connectivity index (χ4v) is 3.83. The van der Waals surface area contributed by atoms with Crippen LogP contribution in [0.4, 0.5) is 0 Å². The van der Waals surface area contributed by atoms with E-state index in [1.807, 2.05) is 12.4 Å². The van der Waals surface area contributed by atoms with Gasteiger partial charge in [0, 0.05) is 24.0 Å². The van der Waals surface area contributed by atoms with Crippen LogP contribution in [0.15, 0.2) is 61.2 Å². The first kappa shape index (κ1) is 16.0. The van der Waals surface area contributed by atoms with E-state index in [0.717, 1.165) is 11.1 Å². The Balaban J connectivity index is 1.61. The summed E-state index contributed by atoms with van der Waals surface area (Å²) in [6, 6.07) is 16.3. The third-order valence-electron chi connectivity index (χ3n) is 5.25. The van der Waals surface area contributed by atoms with Crippen LogP contribution in [0.1, 0.15) is 30.0 Å². The van der Waals surface area contributed by atoms with E-state index in [0.29, 0.717) is 6.04 Å². The van der Waals surface area contributed by atoms with E-state index >= 15 is 0 Å². The molecule has 1 unspecified atom stereocenters. The minimum Gasteiger partial charge on any atom is -0.299 e. The highest BCUT2D eigenvalue weighted by atomic mass is 15.1. The highest BCUT2D eigenvalue weighted by Crippen LogP contribution is 2.33. The zero-order valence-electron chi connectivity index (χ0n) is 14.8. The molecule has 3 aromatic rings. The lowest BCUT2D eigenvalue weighted by Gasteiger charge is -2.20. The quantitative estimate of drug-likeness (QED) is 0.685. The Morgan fingerprint density at radius 3 is 2.28 bits per heavy atom. The van der Waals surface area contributed by atoms with Gasteiger partial charge >= 0.3 is 0 Å². The van der Waals surface area contributed by atoms with Gasteiger partial charge in [0.25, 0.3) is 0 Å². The smallest absolute Gasteiger partial charge is 0.115 e. The molecule has 3 nitrogen and oxygen atoms in total. The van der Waals surface area contributed by atoms with E-state index < -0.39 is 0 Å². The van der Waals surface area contributed by atoms with E-state index in [9.17, 15) is 0 Å². The van der Waals surface area contributed by atoms with Gasteiger partial charge in [0.15, 0.2) is 0 Å². The summed E-state index contributed by atoms with van der Waals surface area (Å²) in [5.74, 6) is 0. The maximum atomic E-state index is 4.11. The Kier molecular flexibility index (Phi) is 4.33. The lowest BCUT2D eigenvalue weighted by atomic mass is 9.95. The number of hydrogen-bond donors (Lipinski definition) is 0. The maximum Gasteiger partial charge on any atom is 0.115 e. The predicted octanol–water partition coefficient (Wildman–Crippen LogP) is 4.89. The van der Waals surface area contributed by atoms with Crippen LogP contribution in [-0.4, -0.2) is 28.5 Å². The van der Waals surface area contributed by atoms with Crippen molar-refractivity contribution in [2.45, 2.75) is 25.8 Å². The van der Waals surface area contributed by atoms with Gasteiger partial charge in [-0.2, -0.15) is 0 Å². The molecule has 1 saturated heterocycles. The summed E-state index contributed by atoms with van der Waals surface area (Å²) >= 11 is 0. The average Bonchev–Trinajstić information content (AvgIpc) is 3.08. The number of hydrogen-bond acceptors (Lipinski definition) is 3. The molecule has 4 rings (SSSR count). The first-order chi connectivity index (χ1) is 12.2. The van der Waals surface area contributed by atoms with Gasteiger partial charge in [-0.05, 0) is 61.2 Å². The predicted molar refractivity (Wildman–Crippen MR) is 102 cm³/mol. The number of rotatable bonds is 3. The zero-order chi connectivity index (χ0) is 17.2. The summed E-state index contributed by atoms with van der Waals surface area (Å²) in [5.41, 5.74) is 7.47. The Morgan fingerprint density at radius 1 is 0.920 bits per heavy atom. The second-order valence-electron chi connectivity index (χ2n) is 6.92. The van der Waals surface area contributed by atoms with Crippen LogP contribution in [0.2, 0.25) is 0 Å². The van der Waals surface area contributed by atoms with E-state index in [1.165, 1.54) is 41.6 Å². The number of aromatic nitrogens is 2. The molecule has 1 aromatic heterocycles. The second kappa shape index (κ2) is 6.77. The van der Waals surface area contributed by atoms with E-state index in [4.69, 9.17) is 0 Å². The van der Waals surface area contributed by atoms with Gasteiger partial charge in [0.05, 0.1) is 0 Å². The number of aryl methyl sites for hydroxylation is 1. The van der Waals surface area contributed by atoms with Gasteiger partial charge in [0.2, 0.25) is 0 Å². The largest absolute Gasteiger partial charge is 0.299 e. The van der Waals surface area contributed by atoms with Crippen LogP contribution in [0.25, 0.3) is 22.3 Å². The number of likely N-dealkylation sites (tertiary alicyclic amines) is 1. The maximum absolute atomic E-state index is 4.11. The molecule has 25 heavy (non-hydrogen) atoms. The summed E-state index contributed by atoms with van der Waals surface area (Å²) in [7, 11) is 2.22. The fraction of sp³-hybridized carbons (Fsp3) is 0.273. The summed E-state index contributed by atoms with van der Waals surface area (Å²) in [6.07, 6.45) is 7.84. The lowest BCUT2D eigenvalue weighted by molar-refractivity contribution is 0.317. The molecule has 0 radical (unpaired) electrons. The summed E-state index contributed by atoms with van der Waals surface area (Å²) in [4.78, 5) is 10.7. The minimum atomic E-state index is 0.579. The van der Waals surface area contributed by atoms with Crippen LogP contribution in [-0.2, 0) is 0 Å². The molecule has 1 fully saturated rings. The molecule has 126 valence electrons. The van der Waals surface area contributed by atoms with Crippen molar-refractivity contribution in [3.63, 3.8) is 0 Å². The molecule has 0 bridgehead atoms. The van der Waals surface area contributed by atoms with Gasteiger partial charge in [-0.25, -0.2) is 9.97 Å². The van der Waals surface area contributed by atoms with Crippen LogP contribution < -0.4 is 0 Å². The van der Waals surface area contributed by atoms with Crippen molar-refractivity contribution in [1.82, 2.24) is 14.9 Å². The van der Waals surface area contributed by atoms with Crippen molar-refractivity contribution >= 4 is 0 Å². The molecule has 0 N–H and O–H groups in total. The highest BCUT2D eigenvalue weighted by Gasteiger charge is 2.22. The van der Waals surface area contributed by atoms with Gasteiger partial charge in [-0.15, -0.1) is 0 Å². The Bertz CT molecular complexity index is 856. The molecule has 1 aliphatic rings. The van der Waals surface area contributed by atoms with Gasteiger partial charge in [-0.1, -0.05) is 42.5 Å². The Labute approximate surface area is 149 Å². The second-order valence-corrected chi connectivity index (χ2v) is 6.92. The standard InChI is InChI=1S/C22H23N3/c1-16-12-19(20-13-23-15-24-14-20)9-10-21(16)17-5-7-18(8-6-17)22-4-3-11-25(22)2/h5-10,12-15,22H,3-4,11H2,1-2H3. The van der Waals surface area contributed by atoms with Crippen molar-refractivity contribution in [2.24, 2.45) is 0 Å². The monoisotopic (exact) mass is 329 g/mol. The molecule has 3 heteroatoms. The zero-order valence-corrected chi connectivity index (χ0v) is 14.8. The molecule has 0 aliphatic carbocycles. The average molecular weight is 329 g/mol. The van der Waals surface area contributed by atoms with Gasteiger partial charge in [-0.3, -0.25) is 4.90 Å². The summed E-state index contributed by atoms with van der Waals surface area (Å²) in [5, 5.41) is 0. The van der Waals surface area contributed by atoms with Crippen molar-refractivity contribution in [3.05, 3.63) is 72.3 Å². The SMILES string of the molecule is Cc1cc(-c2cncnc2)ccc1-c1ccc(C2CCCN2C)cc1. The molecular weight excluding hydrogens is 306 g/mol.